The minimum absolute atomic E-state index is 0.0205. The predicted octanol–water partition coefficient (Wildman–Crippen LogP) is 6.21. The van der Waals surface area contributed by atoms with Crippen LogP contribution in [-0.4, -0.2) is 62.5 Å². The fourth-order valence-electron chi connectivity index (χ4n) is 6.87. The molecule has 10 nitrogen and oxygen atoms in total. The molecule has 1 N–H and O–H groups in total. The molecular formula is C38H39N7O3. The Kier molecular flexibility index (Phi) is 8.11. The number of methoxy groups -OCH3 is 1. The monoisotopic (exact) mass is 641 g/mol. The number of carbonyl (C=O) groups excluding carboxylic acids is 1. The highest BCUT2D eigenvalue weighted by molar-refractivity contribution is 6.01. The SMILES string of the molecule is CO[C@@H]1CC[C@@H]1NC(=O)c1cnn2c(N(C)Cc3ccccc3)cc(-c3cn(C4CC(OCc5ccccc5)C4)c4ncccc34)nc12. The fraction of sp³-hybridized carbons (Fsp3) is 0.316. The Balaban J connectivity index is 1.14. The highest BCUT2D eigenvalue weighted by atomic mass is 16.5. The van der Waals surface area contributed by atoms with Crippen molar-refractivity contribution >= 4 is 28.4 Å². The lowest BCUT2D eigenvalue weighted by molar-refractivity contribution is -0.0347. The van der Waals surface area contributed by atoms with E-state index >= 15 is 0 Å². The molecule has 2 aromatic carbocycles. The number of benzene rings is 2. The van der Waals surface area contributed by atoms with Gasteiger partial charge in [0.1, 0.15) is 17.0 Å². The molecule has 0 spiro atoms. The molecule has 6 aromatic rings. The molecule has 0 unspecified atom stereocenters. The molecule has 2 saturated carbocycles. The van der Waals surface area contributed by atoms with Gasteiger partial charge in [-0.05, 0) is 48.9 Å². The van der Waals surface area contributed by atoms with Gasteiger partial charge >= 0.3 is 0 Å². The number of anilines is 1. The quantitative estimate of drug-likeness (QED) is 0.180. The molecule has 2 aliphatic carbocycles. The number of nitrogens with zero attached hydrogens (tertiary/aromatic N) is 6. The lowest BCUT2D eigenvalue weighted by Gasteiger charge is -2.36. The van der Waals surface area contributed by atoms with Gasteiger partial charge in [-0.25, -0.2) is 9.97 Å². The number of carbonyl (C=O) groups is 1. The third-order valence-corrected chi connectivity index (χ3v) is 9.84. The van der Waals surface area contributed by atoms with Crippen molar-refractivity contribution in [3.05, 3.63) is 114 Å². The van der Waals surface area contributed by atoms with Gasteiger partial charge in [0.05, 0.1) is 36.7 Å². The molecule has 48 heavy (non-hydrogen) atoms. The first-order valence-electron chi connectivity index (χ1n) is 16.6. The van der Waals surface area contributed by atoms with Crippen molar-refractivity contribution < 1.29 is 14.3 Å². The molecule has 244 valence electrons. The number of amides is 1. The van der Waals surface area contributed by atoms with Crippen LogP contribution in [0.3, 0.4) is 0 Å². The van der Waals surface area contributed by atoms with Crippen LogP contribution in [-0.2, 0) is 22.6 Å². The van der Waals surface area contributed by atoms with Crippen molar-refractivity contribution in [1.82, 2.24) is 29.5 Å². The van der Waals surface area contributed by atoms with Crippen molar-refractivity contribution in [2.24, 2.45) is 0 Å². The molecule has 4 heterocycles. The van der Waals surface area contributed by atoms with Gasteiger partial charge < -0.3 is 24.3 Å². The molecule has 2 atom stereocenters. The third kappa shape index (κ3) is 5.71. The van der Waals surface area contributed by atoms with E-state index in [1.165, 1.54) is 11.1 Å². The van der Waals surface area contributed by atoms with Crippen molar-refractivity contribution in [1.29, 1.82) is 0 Å². The number of nitrogens with one attached hydrogen (secondary N) is 1. The second kappa shape index (κ2) is 12.9. The molecule has 0 radical (unpaired) electrons. The first kappa shape index (κ1) is 30.3. The number of hydrogen-bond acceptors (Lipinski definition) is 7. The maximum Gasteiger partial charge on any atom is 0.257 e. The van der Waals surface area contributed by atoms with E-state index in [9.17, 15) is 4.79 Å². The minimum atomic E-state index is -0.196. The van der Waals surface area contributed by atoms with Crippen molar-refractivity contribution in [2.45, 2.75) is 63.1 Å². The van der Waals surface area contributed by atoms with Gasteiger partial charge in [-0.3, -0.25) is 4.79 Å². The summed E-state index contributed by atoms with van der Waals surface area (Å²) in [6.45, 7) is 1.28. The van der Waals surface area contributed by atoms with Crippen LogP contribution in [0.15, 0.2) is 97.5 Å². The average molecular weight is 642 g/mol. The van der Waals surface area contributed by atoms with Gasteiger partial charge in [0.15, 0.2) is 5.65 Å². The summed E-state index contributed by atoms with van der Waals surface area (Å²) in [6.07, 6.45) is 9.52. The molecule has 1 amide bonds. The topological polar surface area (TPSA) is 98.8 Å². The number of fused-ring (bicyclic) bond motifs is 2. The summed E-state index contributed by atoms with van der Waals surface area (Å²) in [6, 6.07) is 27.0. The van der Waals surface area contributed by atoms with Crippen molar-refractivity contribution in [3.63, 3.8) is 0 Å². The highest BCUT2D eigenvalue weighted by Gasteiger charge is 2.34. The largest absolute Gasteiger partial charge is 0.379 e. The molecule has 0 aliphatic heterocycles. The van der Waals surface area contributed by atoms with Crippen molar-refractivity contribution in [2.75, 3.05) is 19.1 Å². The van der Waals surface area contributed by atoms with Gasteiger partial charge in [0, 0.05) is 56.2 Å². The van der Waals surface area contributed by atoms with Crippen LogP contribution in [0.5, 0.6) is 0 Å². The van der Waals surface area contributed by atoms with Crippen LogP contribution >= 0.6 is 0 Å². The number of ether oxygens (including phenoxy) is 2. The number of pyridine rings is 1. The first-order valence-corrected chi connectivity index (χ1v) is 16.6. The Morgan fingerprint density at radius 3 is 2.48 bits per heavy atom. The van der Waals surface area contributed by atoms with E-state index in [2.05, 4.69) is 62.5 Å². The second-order valence-electron chi connectivity index (χ2n) is 12.9. The Morgan fingerprint density at radius 2 is 1.75 bits per heavy atom. The zero-order chi connectivity index (χ0) is 32.6. The third-order valence-electron chi connectivity index (χ3n) is 9.84. The van der Waals surface area contributed by atoms with Crippen LogP contribution in [0.2, 0.25) is 0 Å². The van der Waals surface area contributed by atoms with E-state index < -0.39 is 0 Å². The van der Waals surface area contributed by atoms with Crippen LogP contribution in [0.4, 0.5) is 5.82 Å². The standard InChI is InChI=1S/C38H39N7O3/c1-43(22-25-10-5-3-6-11-25)35-20-33(41-37-30(21-40-45(35)37)38(46)42-32-15-16-34(32)47-2)31-23-44(36-29(31)14-9-17-39-36)27-18-28(19-27)48-24-26-12-7-4-8-13-26/h3-14,17,20-21,23,27-28,32,34H,15-16,18-19,22,24H2,1-2H3,(H,42,46)/t27?,28?,32-,34+/m0/s1. The second-order valence-corrected chi connectivity index (χ2v) is 12.9. The highest BCUT2D eigenvalue weighted by Crippen LogP contribution is 2.40. The summed E-state index contributed by atoms with van der Waals surface area (Å²) >= 11 is 0. The Morgan fingerprint density at radius 1 is 0.979 bits per heavy atom. The fourth-order valence-corrected chi connectivity index (χ4v) is 6.87. The number of hydrogen-bond donors (Lipinski definition) is 1. The van der Waals surface area contributed by atoms with E-state index in [1.54, 1.807) is 17.8 Å². The normalized spacial score (nSPS) is 20.4. The Bertz CT molecular complexity index is 2050. The zero-order valence-corrected chi connectivity index (χ0v) is 27.2. The van der Waals surface area contributed by atoms with Crippen LogP contribution in [0.25, 0.3) is 27.9 Å². The lowest BCUT2D eigenvalue weighted by Crippen LogP contribution is -2.51. The van der Waals surface area contributed by atoms with E-state index in [1.807, 2.05) is 55.7 Å². The number of aromatic nitrogens is 5. The van der Waals surface area contributed by atoms with E-state index in [-0.39, 0.29) is 30.2 Å². The summed E-state index contributed by atoms with van der Waals surface area (Å²) in [4.78, 5) is 25.7. The summed E-state index contributed by atoms with van der Waals surface area (Å²) in [5, 5.41) is 8.85. The summed E-state index contributed by atoms with van der Waals surface area (Å²) < 4.78 is 15.8. The molecule has 2 fully saturated rings. The van der Waals surface area contributed by atoms with Gasteiger partial charge in [-0.2, -0.15) is 9.61 Å². The maximum atomic E-state index is 13.6. The van der Waals surface area contributed by atoms with Gasteiger partial charge in [0.25, 0.3) is 5.91 Å². The minimum Gasteiger partial charge on any atom is -0.379 e. The maximum absolute atomic E-state index is 13.6. The lowest BCUT2D eigenvalue weighted by atomic mass is 9.89. The van der Waals surface area contributed by atoms with Crippen LogP contribution in [0, 0.1) is 0 Å². The number of rotatable bonds is 11. The van der Waals surface area contributed by atoms with Crippen LogP contribution < -0.4 is 10.2 Å². The first-order chi connectivity index (χ1) is 23.6. The molecule has 2 aliphatic rings. The molecular weight excluding hydrogens is 602 g/mol. The molecule has 8 rings (SSSR count). The molecule has 0 saturated heterocycles. The summed E-state index contributed by atoms with van der Waals surface area (Å²) in [5.41, 5.74) is 5.95. The zero-order valence-electron chi connectivity index (χ0n) is 27.2. The Hall–Kier alpha value is -5.06. The smallest absolute Gasteiger partial charge is 0.257 e. The van der Waals surface area contributed by atoms with Crippen molar-refractivity contribution in [3.8, 4) is 11.3 Å². The Labute approximate surface area is 279 Å². The van der Waals surface area contributed by atoms with Crippen LogP contribution in [0.1, 0.15) is 53.2 Å². The predicted molar refractivity (Wildman–Crippen MR) is 185 cm³/mol. The summed E-state index contributed by atoms with van der Waals surface area (Å²) in [7, 11) is 3.73. The van der Waals surface area contributed by atoms with E-state index in [0.29, 0.717) is 24.4 Å². The average Bonchev–Trinajstić information content (AvgIpc) is 3.69. The molecule has 10 heteroatoms. The van der Waals surface area contributed by atoms with E-state index in [4.69, 9.17) is 19.4 Å². The van der Waals surface area contributed by atoms with E-state index in [0.717, 1.165) is 53.8 Å². The molecule has 4 aromatic heterocycles. The van der Waals surface area contributed by atoms with Gasteiger partial charge in [-0.15, -0.1) is 0 Å². The molecule has 0 bridgehead atoms. The van der Waals surface area contributed by atoms with Gasteiger partial charge in [-0.1, -0.05) is 60.7 Å². The summed E-state index contributed by atoms with van der Waals surface area (Å²) in [5.74, 6) is 0.636. The van der Waals surface area contributed by atoms with Gasteiger partial charge in [0.2, 0.25) is 0 Å².